The Bertz CT molecular complexity index is 871. The second-order valence-corrected chi connectivity index (χ2v) is 8.07. The Balaban J connectivity index is 1.90. The lowest BCUT2D eigenvalue weighted by Gasteiger charge is -2.25. The molecule has 0 fully saturated rings. The minimum Gasteiger partial charge on any atom is -0.349 e. The third-order valence-corrected chi connectivity index (χ3v) is 5.72. The van der Waals surface area contributed by atoms with Gasteiger partial charge in [-0.05, 0) is 36.8 Å². The van der Waals surface area contributed by atoms with Crippen LogP contribution in [0.25, 0.3) is 0 Å². The van der Waals surface area contributed by atoms with Gasteiger partial charge in [-0.1, -0.05) is 53.7 Å². The number of benzene rings is 2. The number of anilines is 1. The van der Waals surface area contributed by atoms with Gasteiger partial charge in [0.1, 0.15) is 0 Å². The van der Waals surface area contributed by atoms with Gasteiger partial charge in [0.05, 0.1) is 24.2 Å². The molecule has 0 aromatic heterocycles. The van der Waals surface area contributed by atoms with Crippen LogP contribution in [0.4, 0.5) is 5.69 Å². The summed E-state index contributed by atoms with van der Waals surface area (Å²) in [6, 6.07) is 16.4. The molecule has 0 saturated carbocycles. The first-order chi connectivity index (χ1) is 13.4. The van der Waals surface area contributed by atoms with E-state index in [-0.39, 0.29) is 24.3 Å². The van der Waals surface area contributed by atoms with E-state index >= 15 is 0 Å². The molecule has 146 valence electrons. The number of carbonyl (C=O) groups excluding carboxylic acids is 2. The number of carbonyl (C=O) groups is 2. The first-order valence-electron chi connectivity index (χ1n) is 9.05. The number of amidine groups is 1. The number of rotatable bonds is 5. The van der Waals surface area contributed by atoms with E-state index < -0.39 is 6.04 Å². The third kappa shape index (κ3) is 5.14. The van der Waals surface area contributed by atoms with Crippen LogP contribution in [0.5, 0.6) is 0 Å². The molecule has 0 bridgehead atoms. The lowest BCUT2D eigenvalue weighted by Crippen LogP contribution is -2.38. The standard InChI is InChI=1S/C21H22ClN3O2S/c1-14-13-28-21(23-14)25(18-10-8-17(22)9-11-18)20(27)12-19(24-15(2)26)16-6-4-3-5-7-16/h3-11,14,19H,12-13H2,1-2H3,(H,24,26)/t14-,19-/m0/s1. The zero-order chi connectivity index (χ0) is 20.1. The Morgan fingerprint density at radius 1 is 1.21 bits per heavy atom. The van der Waals surface area contributed by atoms with Crippen molar-refractivity contribution in [2.75, 3.05) is 10.7 Å². The molecule has 2 aromatic rings. The summed E-state index contributed by atoms with van der Waals surface area (Å²) in [7, 11) is 0. The normalized spacial score (nSPS) is 17.0. The van der Waals surface area contributed by atoms with E-state index in [4.69, 9.17) is 11.6 Å². The summed E-state index contributed by atoms with van der Waals surface area (Å²) in [5.41, 5.74) is 1.60. The van der Waals surface area contributed by atoms with Crippen molar-refractivity contribution < 1.29 is 9.59 Å². The van der Waals surface area contributed by atoms with Crippen molar-refractivity contribution in [3.05, 3.63) is 65.2 Å². The average molecular weight is 416 g/mol. The summed E-state index contributed by atoms with van der Waals surface area (Å²) in [5.74, 6) is 0.520. The maximum Gasteiger partial charge on any atom is 0.235 e. The van der Waals surface area contributed by atoms with Crippen molar-refractivity contribution in [3.8, 4) is 0 Å². The molecule has 1 aliphatic heterocycles. The summed E-state index contributed by atoms with van der Waals surface area (Å²) in [6.07, 6.45) is 0.125. The first kappa shape index (κ1) is 20.4. The summed E-state index contributed by atoms with van der Waals surface area (Å²) in [5, 5.41) is 4.17. The molecule has 1 N–H and O–H groups in total. The number of hydrogen-bond acceptors (Lipinski definition) is 4. The Morgan fingerprint density at radius 3 is 2.46 bits per heavy atom. The topological polar surface area (TPSA) is 61.8 Å². The molecule has 1 heterocycles. The molecule has 3 rings (SSSR count). The molecule has 0 radical (unpaired) electrons. The van der Waals surface area contributed by atoms with E-state index in [1.165, 1.54) is 6.92 Å². The van der Waals surface area contributed by atoms with E-state index in [0.717, 1.165) is 11.3 Å². The van der Waals surface area contributed by atoms with Gasteiger partial charge < -0.3 is 5.32 Å². The van der Waals surface area contributed by atoms with E-state index in [1.807, 2.05) is 49.4 Å². The molecule has 2 aromatic carbocycles. The molecule has 0 aliphatic carbocycles. The Morgan fingerprint density at radius 2 is 1.89 bits per heavy atom. The average Bonchev–Trinajstić information content (AvgIpc) is 3.09. The fraction of sp³-hybridized carbons (Fsp3) is 0.286. The number of amides is 2. The first-order valence-corrected chi connectivity index (χ1v) is 10.4. The zero-order valence-corrected chi connectivity index (χ0v) is 17.3. The van der Waals surface area contributed by atoms with Crippen molar-refractivity contribution in [1.29, 1.82) is 0 Å². The maximum absolute atomic E-state index is 13.3. The summed E-state index contributed by atoms with van der Waals surface area (Å²) in [4.78, 5) is 31.3. The number of aliphatic imine (C=N–C) groups is 1. The van der Waals surface area contributed by atoms with Gasteiger partial charge in [-0.15, -0.1) is 0 Å². The third-order valence-electron chi connectivity index (χ3n) is 4.27. The van der Waals surface area contributed by atoms with Gasteiger partial charge in [-0.3, -0.25) is 19.5 Å². The van der Waals surface area contributed by atoms with Gasteiger partial charge in [0, 0.05) is 17.7 Å². The summed E-state index contributed by atoms with van der Waals surface area (Å²) in [6.45, 7) is 3.48. The summed E-state index contributed by atoms with van der Waals surface area (Å²) >= 11 is 7.57. The predicted octanol–water partition coefficient (Wildman–Crippen LogP) is 4.43. The Labute approximate surface area is 174 Å². The van der Waals surface area contributed by atoms with Crippen molar-refractivity contribution in [1.82, 2.24) is 5.32 Å². The van der Waals surface area contributed by atoms with Gasteiger partial charge >= 0.3 is 0 Å². The zero-order valence-electron chi connectivity index (χ0n) is 15.8. The van der Waals surface area contributed by atoms with Crippen LogP contribution in [-0.4, -0.2) is 28.8 Å². The molecular weight excluding hydrogens is 394 g/mol. The molecule has 1 aliphatic rings. The van der Waals surface area contributed by atoms with Crippen LogP contribution in [0.2, 0.25) is 5.02 Å². The van der Waals surface area contributed by atoms with Gasteiger partial charge in [-0.25, -0.2) is 0 Å². The van der Waals surface area contributed by atoms with Crippen LogP contribution in [0.1, 0.15) is 31.9 Å². The summed E-state index contributed by atoms with van der Waals surface area (Å²) < 4.78 is 0. The molecule has 0 spiro atoms. The van der Waals surface area contributed by atoms with Crippen LogP contribution in [0, 0.1) is 0 Å². The van der Waals surface area contributed by atoms with Crippen LogP contribution >= 0.6 is 23.4 Å². The molecule has 0 unspecified atom stereocenters. The monoisotopic (exact) mass is 415 g/mol. The predicted molar refractivity (Wildman–Crippen MR) is 116 cm³/mol. The smallest absolute Gasteiger partial charge is 0.235 e. The Kier molecular flexibility index (Phi) is 6.75. The second kappa shape index (κ2) is 9.26. The van der Waals surface area contributed by atoms with E-state index in [1.54, 1.807) is 28.8 Å². The number of thioether (sulfide) groups is 1. The second-order valence-electron chi connectivity index (χ2n) is 6.65. The van der Waals surface area contributed by atoms with Gasteiger partial charge in [0.25, 0.3) is 0 Å². The molecule has 2 atom stereocenters. The molecule has 2 amide bonds. The van der Waals surface area contributed by atoms with Crippen molar-refractivity contribution >= 4 is 46.0 Å². The maximum atomic E-state index is 13.3. The van der Waals surface area contributed by atoms with Gasteiger partial charge in [0.2, 0.25) is 11.8 Å². The number of nitrogens with one attached hydrogen (secondary N) is 1. The highest BCUT2D eigenvalue weighted by atomic mass is 35.5. The Hall–Kier alpha value is -2.31. The lowest BCUT2D eigenvalue weighted by atomic mass is 10.0. The van der Waals surface area contributed by atoms with Crippen LogP contribution in [0.3, 0.4) is 0 Å². The van der Waals surface area contributed by atoms with Crippen molar-refractivity contribution in [2.45, 2.75) is 32.4 Å². The fourth-order valence-corrected chi connectivity index (χ4v) is 4.16. The van der Waals surface area contributed by atoms with Crippen LogP contribution < -0.4 is 10.2 Å². The highest BCUT2D eigenvalue weighted by Gasteiger charge is 2.29. The van der Waals surface area contributed by atoms with Crippen LogP contribution in [0.15, 0.2) is 59.6 Å². The number of nitrogens with zero attached hydrogens (tertiary/aromatic N) is 2. The van der Waals surface area contributed by atoms with Gasteiger partial charge in [-0.2, -0.15) is 0 Å². The highest BCUT2D eigenvalue weighted by Crippen LogP contribution is 2.29. The molecule has 5 nitrogen and oxygen atoms in total. The van der Waals surface area contributed by atoms with Crippen molar-refractivity contribution in [3.63, 3.8) is 0 Å². The molecule has 7 heteroatoms. The van der Waals surface area contributed by atoms with E-state index in [9.17, 15) is 9.59 Å². The fourth-order valence-electron chi connectivity index (χ4n) is 2.98. The van der Waals surface area contributed by atoms with Crippen LogP contribution in [-0.2, 0) is 9.59 Å². The molecule has 0 saturated heterocycles. The number of hydrogen-bond donors (Lipinski definition) is 1. The lowest BCUT2D eigenvalue weighted by molar-refractivity contribution is -0.121. The van der Waals surface area contributed by atoms with Crippen molar-refractivity contribution in [2.24, 2.45) is 4.99 Å². The van der Waals surface area contributed by atoms with Gasteiger partial charge in [0.15, 0.2) is 5.17 Å². The minimum atomic E-state index is -0.412. The molecular formula is C21H22ClN3O2S. The largest absolute Gasteiger partial charge is 0.349 e. The van der Waals surface area contributed by atoms with E-state index in [2.05, 4.69) is 10.3 Å². The number of halogens is 1. The SMILES string of the molecule is CC(=O)N[C@@H](CC(=O)N(C1=N[C@@H](C)CS1)c1ccc(Cl)cc1)c1ccccc1. The highest BCUT2D eigenvalue weighted by molar-refractivity contribution is 8.14. The molecule has 28 heavy (non-hydrogen) atoms. The van der Waals surface area contributed by atoms with E-state index in [0.29, 0.717) is 15.9 Å². The minimum absolute atomic E-state index is 0.125. The quantitative estimate of drug-likeness (QED) is 0.785.